The molecule has 1 aliphatic carbocycles. The van der Waals surface area contributed by atoms with Gasteiger partial charge >= 0.3 is 0 Å². The second kappa shape index (κ2) is 8.34. The first-order valence-electron chi connectivity index (χ1n) is 10.8. The Balaban J connectivity index is 1.45. The van der Waals surface area contributed by atoms with E-state index in [-0.39, 0.29) is 12.7 Å². The topological polar surface area (TPSA) is 51.7 Å². The minimum absolute atomic E-state index is 0.0251. The van der Waals surface area contributed by atoms with Gasteiger partial charge in [0.2, 0.25) is 6.79 Å². The molecule has 0 spiro atoms. The first-order valence-corrected chi connectivity index (χ1v) is 10.8. The maximum Gasteiger partial charge on any atom is 0.272 e. The molecule has 2 aromatic carbocycles. The Bertz CT molecular complexity index is 1060. The van der Waals surface area contributed by atoms with Gasteiger partial charge < -0.3 is 14.4 Å². The van der Waals surface area contributed by atoms with Crippen LogP contribution in [0, 0.1) is 5.92 Å². The zero-order chi connectivity index (χ0) is 20.3. The van der Waals surface area contributed by atoms with E-state index in [0.29, 0.717) is 18.2 Å². The summed E-state index contributed by atoms with van der Waals surface area (Å²) in [5.41, 5.74) is 2.32. The highest BCUT2D eigenvalue weighted by Gasteiger charge is 2.26. The molecule has 0 radical (unpaired) electrons. The van der Waals surface area contributed by atoms with Gasteiger partial charge in [-0.15, -0.1) is 0 Å². The summed E-state index contributed by atoms with van der Waals surface area (Å²) in [6, 6.07) is 17.6. The van der Waals surface area contributed by atoms with Gasteiger partial charge in [0.15, 0.2) is 11.5 Å². The molecule has 2 aliphatic rings. The van der Waals surface area contributed by atoms with E-state index >= 15 is 0 Å². The second-order valence-electron chi connectivity index (χ2n) is 8.23. The average molecular weight is 402 g/mol. The van der Waals surface area contributed by atoms with Crippen molar-refractivity contribution < 1.29 is 14.3 Å². The fourth-order valence-electron chi connectivity index (χ4n) is 4.57. The van der Waals surface area contributed by atoms with Gasteiger partial charge in [0, 0.05) is 24.0 Å². The number of hydrogen-bond donors (Lipinski definition) is 0. The van der Waals surface area contributed by atoms with Crippen LogP contribution >= 0.6 is 0 Å². The average Bonchev–Trinajstić information content (AvgIpc) is 3.28. The van der Waals surface area contributed by atoms with Crippen LogP contribution in [0.3, 0.4) is 0 Å². The molecule has 5 heteroatoms. The number of para-hydroxylation sites is 2. The molecule has 2 heterocycles. The SMILES string of the molecule is O=C(c1ccc2ccccc2n1)N(Cc1cccc2c1OCO2)CC1CCCCC1. The highest BCUT2D eigenvalue weighted by atomic mass is 16.7. The van der Waals surface area contributed by atoms with Crippen molar-refractivity contribution in [1.82, 2.24) is 9.88 Å². The standard InChI is InChI=1S/C25H26N2O3/c28-25(22-14-13-19-9-4-5-11-21(19)26-22)27(15-18-7-2-1-3-8-18)16-20-10-6-12-23-24(20)30-17-29-23/h4-6,9-14,18H,1-3,7-8,15-17H2. The van der Waals surface area contributed by atoms with Crippen molar-refractivity contribution in [2.75, 3.05) is 13.3 Å². The molecule has 0 atom stereocenters. The third-order valence-electron chi connectivity index (χ3n) is 6.15. The first-order chi connectivity index (χ1) is 14.8. The summed E-state index contributed by atoms with van der Waals surface area (Å²) in [7, 11) is 0. The molecule has 0 saturated heterocycles. The summed E-state index contributed by atoms with van der Waals surface area (Å²) >= 11 is 0. The van der Waals surface area contributed by atoms with Gasteiger partial charge in [-0.05, 0) is 37.0 Å². The Hall–Kier alpha value is -3.08. The number of hydrogen-bond acceptors (Lipinski definition) is 4. The predicted molar refractivity (Wildman–Crippen MR) is 116 cm³/mol. The number of amides is 1. The number of carbonyl (C=O) groups is 1. The Labute approximate surface area is 176 Å². The summed E-state index contributed by atoms with van der Waals surface area (Å²) in [4.78, 5) is 20.2. The van der Waals surface area contributed by atoms with Gasteiger partial charge in [0.1, 0.15) is 5.69 Å². The zero-order valence-corrected chi connectivity index (χ0v) is 17.0. The van der Waals surface area contributed by atoms with Crippen LogP contribution in [0.1, 0.15) is 48.2 Å². The van der Waals surface area contributed by atoms with Crippen molar-refractivity contribution in [1.29, 1.82) is 0 Å². The molecule has 30 heavy (non-hydrogen) atoms. The summed E-state index contributed by atoms with van der Waals surface area (Å²) < 4.78 is 11.2. The summed E-state index contributed by atoms with van der Waals surface area (Å²) in [5, 5.41) is 1.04. The zero-order valence-electron chi connectivity index (χ0n) is 17.0. The molecule has 1 fully saturated rings. The maximum atomic E-state index is 13.6. The highest BCUT2D eigenvalue weighted by molar-refractivity contribution is 5.95. The van der Waals surface area contributed by atoms with Crippen LogP contribution in [0.5, 0.6) is 11.5 Å². The van der Waals surface area contributed by atoms with Gasteiger partial charge in [-0.25, -0.2) is 4.98 Å². The third-order valence-corrected chi connectivity index (χ3v) is 6.15. The second-order valence-corrected chi connectivity index (χ2v) is 8.23. The van der Waals surface area contributed by atoms with Gasteiger partial charge in [0.05, 0.1) is 5.52 Å². The highest BCUT2D eigenvalue weighted by Crippen LogP contribution is 2.36. The molecule has 3 aromatic rings. The van der Waals surface area contributed by atoms with Crippen LogP contribution in [0.2, 0.25) is 0 Å². The molecular formula is C25H26N2O3. The fraction of sp³-hybridized carbons (Fsp3) is 0.360. The monoisotopic (exact) mass is 402 g/mol. The summed E-state index contributed by atoms with van der Waals surface area (Å²) in [5.74, 6) is 2.02. The van der Waals surface area contributed by atoms with E-state index in [1.165, 1.54) is 32.1 Å². The smallest absolute Gasteiger partial charge is 0.272 e. The van der Waals surface area contributed by atoms with E-state index in [1.54, 1.807) is 0 Å². The van der Waals surface area contributed by atoms with Crippen LogP contribution in [0.25, 0.3) is 10.9 Å². The van der Waals surface area contributed by atoms with E-state index < -0.39 is 0 Å². The maximum absolute atomic E-state index is 13.6. The molecule has 0 unspecified atom stereocenters. The normalized spacial score (nSPS) is 16.0. The van der Waals surface area contributed by atoms with Crippen molar-refractivity contribution in [3.8, 4) is 11.5 Å². The van der Waals surface area contributed by atoms with Crippen molar-refractivity contribution >= 4 is 16.8 Å². The predicted octanol–water partition coefficient (Wildman–Crippen LogP) is 5.19. The molecule has 5 rings (SSSR count). The van der Waals surface area contributed by atoms with Crippen molar-refractivity contribution in [3.05, 3.63) is 65.9 Å². The van der Waals surface area contributed by atoms with E-state index in [2.05, 4.69) is 4.98 Å². The number of ether oxygens (including phenoxy) is 2. The lowest BCUT2D eigenvalue weighted by Crippen LogP contribution is -2.36. The minimum Gasteiger partial charge on any atom is -0.454 e. The minimum atomic E-state index is -0.0251. The van der Waals surface area contributed by atoms with Crippen molar-refractivity contribution in [2.45, 2.75) is 38.6 Å². The lowest BCUT2D eigenvalue weighted by atomic mass is 9.88. The number of rotatable bonds is 5. The molecule has 0 bridgehead atoms. The largest absolute Gasteiger partial charge is 0.454 e. The molecule has 0 N–H and O–H groups in total. The Kier molecular flexibility index (Phi) is 5.26. The van der Waals surface area contributed by atoms with Gasteiger partial charge in [-0.1, -0.05) is 55.7 Å². The van der Waals surface area contributed by atoms with E-state index in [4.69, 9.17) is 9.47 Å². The molecule has 154 valence electrons. The number of fused-ring (bicyclic) bond motifs is 2. The molecular weight excluding hydrogens is 376 g/mol. The van der Waals surface area contributed by atoms with E-state index in [9.17, 15) is 4.79 Å². The Morgan fingerprint density at radius 1 is 0.967 bits per heavy atom. The van der Waals surface area contributed by atoms with Gasteiger partial charge in [0.25, 0.3) is 5.91 Å². The number of pyridine rings is 1. The van der Waals surface area contributed by atoms with Gasteiger partial charge in [-0.3, -0.25) is 4.79 Å². The van der Waals surface area contributed by atoms with E-state index in [1.807, 2.05) is 59.5 Å². The summed E-state index contributed by atoms with van der Waals surface area (Å²) in [6.07, 6.45) is 6.16. The quantitative estimate of drug-likeness (QED) is 0.590. The molecule has 1 amide bonds. The first kappa shape index (κ1) is 18.9. The molecule has 1 saturated carbocycles. The van der Waals surface area contributed by atoms with Gasteiger partial charge in [-0.2, -0.15) is 0 Å². The molecule has 1 aromatic heterocycles. The van der Waals surface area contributed by atoms with Crippen LogP contribution in [0.4, 0.5) is 0 Å². The Morgan fingerprint density at radius 2 is 1.83 bits per heavy atom. The third kappa shape index (κ3) is 3.84. The number of nitrogens with zero attached hydrogens (tertiary/aromatic N) is 2. The fourth-order valence-corrected chi connectivity index (χ4v) is 4.57. The summed E-state index contributed by atoms with van der Waals surface area (Å²) in [6.45, 7) is 1.48. The van der Waals surface area contributed by atoms with Crippen LogP contribution < -0.4 is 9.47 Å². The number of carbonyl (C=O) groups excluding carboxylic acids is 1. The molecule has 1 aliphatic heterocycles. The van der Waals surface area contributed by atoms with Crippen LogP contribution in [-0.2, 0) is 6.54 Å². The Morgan fingerprint density at radius 3 is 2.73 bits per heavy atom. The van der Waals surface area contributed by atoms with Crippen molar-refractivity contribution in [3.63, 3.8) is 0 Å². The lowest BCUT2D eigenvalue weighted by Gasteiger charge is -2.30. The van der Waals surface area contributed by atoms with Crippen LogP contribution in [0.15, 0.2) is 54.6 Å². The molecule has 5 nitrogen and oxygen atoms in total. The lowest BCUT2D eigenvalue weighted by molar-refractivity contribution is 0.0692. The number of aromatic nitrogens is 1. The van der Waals surface area contributed by atoms with Crippen LogP contribution in [-0.4, -0.2) is 29.1 Å². The van der Waals surface area contributed by atoms with Crippen molar-refractivity contribution in [2.24, 2.45) is 5.92 Å². The van der Waals surface area contributed by atoms with E-state index in [0.717, 1.165) is 34.5 Å². The number of benzene rings is 2.